The minimum Gasteiger partial charge on any atom is -0.371 e. The van der Waals surface area contributed by atoms with Crippen molar-refractivity contribution in [3.8, 4) is 0 Å². The molecular formula is C17H19N3O2S. The van der Waals surface area contributed by atoms with Crippen LogP contribution >= 0.6 is 11.3 Å². The molecule has 1 saturated heterocycles. The van der Waals surface area contributed by atoms with Crippen molar-refractivity contribution in [3.63, 3.8) is 0 Å². The van der Waals surface area contributed by atoms with E-state index in [0.29, 0.717) is 11.6 Å². The Morgan fingerprint density at radius 1 is 1.39 bits per heavy atom. The first-order valence-electron chi connectivity index (χ1n) is 8.10. The summed E-state index contributed by atoms with van der Waals surface area (Å²) in [7, 11) is 0. The summed E-state index contributed by atoms with van der Waals surface area (Å²) >= 11 is 1.52. The van der Waals surface area contributed by atoms with Crippen LogP contribution in [0.5, 0.6) is 0 Å². The smallest absolute Gasteiger partial charge is 0.277 e. The molecule has 0 N–H and O–H groups in total. The van der Waals surface area contributed by atoms with E-state index in [1.54, 1.807) is 12.4 Å². The van der Waals surface area contributed by atoms with Gasteiger partial charge in [-0.3, -0.25) is 9.78 Å². The maximum Gasteiger partial charge on any atom is 0.277 e. The number of pyridine rings is 1. The maximum absolute atomic E-state index is 12.9. The fraction of sp³-hybridized carbons (Fsp3) is 0.471. The third-order valence-electron chi connectivity index (χ3n) is 4.29. The van der Waals surface area contributed by atoms with Crippen LogP contribution in [0.4, 0.5) is 5.69 Å². The van der Waals surface area contributed by atoms with E-state index in [9.17, 15) is 4.79 Å². The highest BCUT2D eigenvalue weighted by molar-refractivity contribution is 7.09. The monoisotopic (exact) mass is 329 g/mol. The molecule has 0 spiro atoms. The number of aromatic nitrogens is 2. The van der Waals surface area contributed by atoms with Crippen molar-refractivity contribution in [3.05, 3.63) is 40.6 Å². The van der Waals surface area contributed by atoms with Gasteiger partial charge in [0.15, 0.2) is 0 Å². The third kappa shape index (κ3) is 3.28. The Bertz CT molecular complexity index is 678. The van der Waals surface area contributed by atoms with Gasteiger partial charge in [0, 0.05) is 24.7 Å². The highest BCUT2D eigenvalue weighted by Gasteiger charge is 2.30. The molecule has 1 aliphatic heterocycles. The van der Waals surface area contributed by atoms with E-state index in [1.165, 1.54) is 24.2 Å². The largest absolute Gasteiger partial charge is 0.371 e. The molecule has 6 heteroatoms. The molecule has 0 radical (unpaired) electrons. The zero-order valence-electron chi connectivity index (χ0n) is 12.9. The van der Waals surface area contributed by atoms with Gasteiger partial charge in [0.1, 0.15) is 16.8 Å². The van der Waals surface area contributed by atoms with Crippen LogP contribution in [0.1, 0.15) is 47.3 Å². The van der Waals surface area contributed by atoms with Crippen LogP contribution in [0.15, 0.2) is 29.9 Å². The average Bonchev–Trinajstić information content (AvgIpc) is 3.06. The van der Waals surface area contributed by atoms with Gasteiger partial charge in [-0.05, 0) is 43.7 Å². The molecule has 2 fully saturated rings. The Kier molecular flexibility index (Phi) is 4.10. The third-order valence-corrected chi connectivity index (χ3v) is 5.22. The van der Waals surface area contributed by atoms with E-state index in [4.69, 9.17) is 4.74 Å². The SMILES string of the molecule is O=C(c1csc(C2CCCO2)n1)N(CC1CC1)c1cccnc1. The molecular weight excluding hydrogens is 310 g/mol. The van der Waals surface area contributed by atoms with Gasteiger partial charge in [0.05, 0.1) is 11.9 Å². The van der Waals surface area contributed by atoms with E-state index in [2.05, 4.69) is 9.97 Å². The summed E-state index contributed by atoms with van der Waals surface area (Å²) in [5.74, 6) is 0.570. The number of anilines is 1. The predicted octanol–water partition coefficient (Wildman–Crippen LogP) is 3.45. The first-order chi connectivity index (χ1) is 11.3. The molecule has 3 heterocycles. The minimum atomic E-state index is -0.0367. The van der Waals surface area contributed by atoms with Crippen molar-refractivity contribution in [2.45, 2.75) is 31.8 Å². The molecule has 1 amide bonds. The number of carbonyl (C=O) groups excluding carboxylic acids is 1. The molecule has 120 valence electrons. The normalized spacial score (nSPS) is 20.6. The van der Waals surface area contributed by atoms with Crippen LogP contribution in [0.2, 0.25) is 0 Å². The second kappa shape index (κ2) is 6.37. The van der Waals surface area contributed by atoms with Crippen LogP contribution in [0.25, 0.3) is 0 Å². The standard InChI is InChI=1S/C17H19N3O2S/c21-17(14-11-23-16(19-14)15-4-2-8-22-15)20(10-12-5-6-12)13-3-1-7-18-9-13/h1,3,7,9,11-12,15H,2,4-6,8,10H2. The summed E-state index contributed by atoms with van der Waals surface area (Å²) in [6, 6.07) is 3.79. The Labute approximate surface area is 139 Å². The zero-order chi connectivity index (χ0) is 15.6. The van der Waals surface area contributed by atoms with Crippen LogP contribution < -0.4 is 4.90 Å². The number of rotatable bonds is 5. The molecule has 1 unspecified atom stereocenters. The Morgan fingerprint density at radius 3 is 3.00 bits per heavy atom. The van der Waals surface area contributed by atoms with Gasteiger partial charge in [-0.15, -0.1) is 11.3 Å². The molecule has 2 aliphatic rings. The lowest BCUT2D eigenvalue weighted by Crippen LogP contribution is -2.33. The molecule has 5 nitrogen and oxygen atoms in total. The summed E-state index contributed by atoms with van der Waals surface area (Å²) in [5.41, 5.74) is 1.36. The van der Waals surface area contributed by atoms with E-state index in [1.807, 2.05) is 22.4 Å². The summed E-state index contributed by atoms with van der Waals surface area (Å²) in [6.07, 6.45) is 7.99. The highest BCUT2D eigenvalue weighted by atomic mass is 32.1. The molecule has 0 aromatic carbocycles. The van der Waals surface area contributed by atoms with Gasteiger partial charge in [0.25, 0.3) is 5.91 Å². The fourth-order valence-electron chi connectivity index (χ4n) is 2.82. The molecule has 1 saturated carbocycles. The Hall–Kier alpha value is -1.79. The lowest BCUT2D eigenvalue weighted by atomic mass is 10.2. The van der Waals surface area contributed by atoms with Gasteiger partial charge in [-0.1, -0.05) is 0 Å². The summed E-state index contributed by atoms with van der Waals surface area (Å²) in [5, 5.41) is 2.78. The first kappa shape index (κ1) is 14.8. The molecule has 0 bridgehead atoms. The van der Waals surface area contributed by atoms with Crippen LogP contribution in [-0.2, 0) is 4.74 Å². The Morgan fingerprint density at radius 2 is 2.30 bits per heavy atom. The van der Waals surface area contributed by atoms with Crippen LogP contribution in [0.3, 0.4) is 0 Å². The maximum atomic E-state index is 12.9. The number of hydrogen-bond acceptors (Lipinski definition) is 5. The quantitative estimate of drug-likeness (QED) is 0.843. The molecule has 23 heavy (non-hydrogen) atoms. The molecule has 1 aliphatic carbocycles. The summed E-state index contributed by atoms with van der Waals surface area (Å²) < 4.78 is 5.66. The molecule has 4 rings (SSSR count). The van der Waals surface area contributed by atoms with E-state index < -0.39 is 0 Å². The van der Waals surface area contributed by atoms with Crippen molar-refractivity contribution >= 4 is 22.9 Å². The highest BCUT2D eigenvalue weighted by Crippen LogP contribution is 2.33. The number of ether oxygens (including phenoxy) is 1. The van der Waals surface area contributed by atoms with Gasteiger partial charge in [-0.2, -0.15) is 0 Å². The zero-order valence-corrected chi connectivity index (χ0v) is 13.7. The van der Waals surface area contributed by atoms with E-state index >= 15 is 0 Å². The van der Waals surface area contributed by atoms with Crippen molar-refractivity contribution < 1.29 is 9.53 Å². The van der Waals surface area contributed by atoms with Gasteiger partial charge < -0.3 is 9.64 Å². The van der Waals surface area contributed by atoms with E-state index in [-0.39, 0.29) is 12.0 Å². The van der Waals surface area contributed by atoms with Crippen LogP contribution in [-0.4, -0.2) is 29.0 Å². The molecule has 2 aromatic heterocycles. The van der Waals surface area contributed by atoms with Crippen molar-refractivity contribution in [1.82, 2.24) is 9.97 Å². The number of thiazole rings is 1. The number of hydrogen-bond donors (Lipinski definition) is 0. The Balaban J connectivity index is 1.56. The van der Waals surface area contributed by atoms with Crippen molar-refractivity contribution in [1.29, 1.82) is 0 Å². The molecule has 2 aromatic rings. The van der Waals surface area contributed by atoms with E-state index in [0.717, 1.165) is 36.7 Å². The van der Waals surface area contributed by atoms with Crippen molar-refractivity contribution in [2.24, 2.45) is 5.92 Å². The predicted molar refractivity (Wildman–Crippen MR) is 88.7 cm³/mol. The fourth-order valence-corrected chi connectivity index (χ4v) is 3.70. The lowest BCUT2D eigenvalue weighted by Gasteiger charge is -2.21. The number of amides is 1. The van der Waals surface area contributed by atoms with Gasteiger partial charge >= 0.3 is 0 Å². The number of carbonyl (C=O) groups is 1. The van der Waals surface area contributed by atoms with Crippen LogP contribution in [0, 0.1) is 5.92 Å². The second-order valence-electron chi connectivity index (χ2n) is 6.14. The number of nitrogens with zero attached hydrogens (tertiary/aromatic N) is 3. The topological polar surface area (TPSA) is 55.3 Å². The first-order valence-corrected chi connectivity index (χ1v) is 8.98. The second-order valence-corrected chi connectivity index (χ2v) is 7.03. The van der Waals surface area contributed by atoms with Gasteiger partial charge in [-0.25, -0.2) is 4.98 Å². The lowest BCUT2D eigenvalue weighted by molar-refractivity contribution is 0.0977. The minimum absolute atomic E-state index is 0.0367. The average molecular weight is 329 g/mol. The van der Waals surface area contributed by atoms with Gasteiger partial charge in [0.2, 0.25) is 0 Å². The summed E-state index contributed by atoms with van der Waals surface area (Å²) in [4.78, 5) is 23.5. The molecule has 1 atom stereocenters. The summed E-state index contributed by atoms with van der Waals surface area (Å²) in [6.45, 7) is 1.54. The van der Waals surface area contributed by atoms with Crippen molar-refractivity contribution in [2.75, 3.05) is 18.1 Å².